The van der Waals surface area contributed by atoms with Gasteiger partial charge in [-0.3, -0.25) is 4.79 Å². The molecule has 0 fully saturated rings. The van der Waals surface area contributed by atoms with Gasteiger partial charge >= 0.3 is 5.97 Å². The van der Waals surface area contributed by atoms with Gasteiger partial charge in [-0.25, -0.2) is 4.79 Å². The lowest BCUT2D eigenvalue weighted by Gasteiger charge is -2.16. The molecule has 4 nitrogen and oxygen atoms in total. The van der Waals surface area contributed by atoms with Crippen molar-refractivity contribution >= 4 is 11.9 Å². The summed E-state index contributed by atoms with van der Waals surface area (Å²) in [7, 11) is 0. The number of amides is 1. The van der Waals surface area contributed by atoms with E-state index in [1.807, 2.05) is 26.0 Å². The molecule has 0 saturated heterocycles. The Bertz CT molecular complexity index is 465. The fourth-order valence-electron chi connectivity index (χ4n) is 2.14. The minimum absolute atomic E-state index is 0.211. The number of hydrogen-bond donors (Lipinski definition) is 2. The number of carboxylic acids is 1. The van der Waals surface area contributed by atoms with Gasteiger partial charge in [0.05, 0.1) is 0 Å². The fourth-order valence-corrected chi connectivity index (χ4v) is 2.14. The summed E-state index contributed by atoms with van der Waals surface area (Å²) in [6, 6.07) is 6.55. The SMILES string of the molecule is CCCCc1ccc(C(=O)NC(CC(C)C)C(=O)O)cc1. The quantitative estimate of drug-likeness (QED) is 0.772. The number of benzene rings is 1. The molecule has 0 heterocycles. The number of nitrogens with one attached hydrogen (secondary N) is 1. The van der Waals surface area contributed by atoms with Crippen LogP contribution in [0.1, 0.15) is 56.0 Å². The smallest absolute Gasteiger partial charge is 0.326 e. The predicted octanol–water partition coefficient (Wildman–Crippen LogP) is 3.26. The Labute approximate surface area is 126 Å². The minimum atomic E-state index is -0.989. The summed E-state index contributed by atoms with van der Waals surface area (Å²) in [6.45, 7) is 6.01. The van der Waals surface area contributed by atoms with E-state index in [4.69, 9.17) is 5.11 Å². The maximum atomic E-state index is 12.1. The van der Waals surface area contributed by atoms with E-state index in [9.17, 15) is 9.59 Å². The number of rotatable bonds is 8. The second-order valence-corrected chi connectivity index (χ2v) is 5.79. The summed E-state index contributed by atoms with van der Waals surface area (Å²) in [5.74, 6) is -1.11. The lowest BCUT2D eigenvalue weighted by molar-refractivity contribution is -0.139. The van der Waals surface area contributed by atoms with E-state index in [0.717, 1.165) is 19.3 Å². The maximum absolute atomic E-state index is 12.1. The highest BCUT2D eigenvalue weighted by Gasteiger charge is 2.21. The van der Waals surface area contributed by atoms with Gasteiger partial charge in [0.2, 0.25) is 0 Å². The Kier molecular flexibility index (Phi) is 6.92. The lowest BCUT2D eigenvalue weighted by Crippen LogP contribution is -2.41. The Morgan fingerprint density at radius 2 is 1.81 bits per heavy atom. The highest BCUT2D eigenvalue weighted by atomic mass is 16.4. The second-order valence-electron chi connectivity index (χ2n) is 5.79. The van der Waals surface area contributed by atoms with Gasteiger partial charge in [0, 0.05) is 5.56 Å². The Hall–Kier alpha value is -1.84. The van der Waals surface area contributed by atoms with Crippen molar-refractivity contribution < 1.29 is 14.7 Å². The summed E-state index contributed by atoms with van der Waals surface area (Å²) >= 11 is 0. The molecule has 0 bridgehead atoms. The lowest BCUT2D eigenvalue weighted by atomic mass is 10.0. The van der Waals surface area contributed by atoms with Crippen molar-refractivity contribution in [1.82, 2.24) is 5.32 Å². The van der Waals surface area contributed by atoms with Gasteiger partial charge in [0.15, 0.2) is 0 Å². The van der Waals surface area contributed by atoms with Crippen LogP contribution in [0.15, 0.2) is 24.3 Å². The van der Waals surface area contributed by atoms with Gasteiger partial charge in [-0.05, 0) is 42.9 Å². The first kappa shape index (κ1) is 17.2. The van der Waals surface area contributed by atoms with Crippen LogP contribution in [0.5, 0.6) is 0 Å². The van der Waals surface area contributed by atoms with Gasteiger partial charge in [-0.2, -0.15) is 0 Å². The number of carbonyl (C=O) groups excluding carboxylic acids is 1. The normalized spacial score (nSPS) is 12.2. The molecule has 0 saturated carbocycles. The van der Waals surface area contributed by atoms with Crippen molar-refractivity contribution in [3.8, 4) is 0 Å². The zero-order valence-electron chi connectivity index (χ0n) is 13.1. The van der Waals surface area contributed by atoms with Gasteiger partial charge in [-0.15, -0.1) is 0 Å². The molecular formula is C17H25NO3. The van der Waals surface area contributed by atoms with E-state index >= 15 is 0 Å². The molecule has 2 N–H and O–H groups in total. The third kappa shape index (κ3) is 5.98. The van der Waals surface area contributed by atoms with Crippen molar-refractivity contribution in [3.63, 3.8) is 0 Å². The van der Waals surface area contributed by atoms with Crippen LogP contribution in [0, 0.1) is 5.92 Å². The van der Waals surface area contributed by atoms with Crippen LogP contribution in [0.25, 0.3) is 0 Å². The zero-order chi connectivity index (χ0) is 15.8. The van der Waals surface area contributed by atoms with Gasteiger partial charge in [-0.1, -0.05) is 39.3 Å². The van der Waals surface area contributed by atoms with E-state index in [0.29, 0.717) is 12.0 Å². The molecule has 1 rings (SSSR count). The number of aryl methyl sites for hydroxylation is 1. The average molecular weight is 291 g/mol. The maximum Gasteiger partial charge on any atom is 0.326 e. The van der Waals surface area contributed by atoms with Crippen molar-refractivity contribution in [2.24, 2.45) is 5.92 Å². The Balaban J connectivity index is 2.67. The minimum Gasteiger partial charge on any atom is -0.480 e. The van der Waals surface area contributed by atoms with Crippen molar-refractivity contribution in [2.75, 3.05) is 0 Å². The largest absolute Gasteiger partial charge is 0.480 e. The first-order valence-electron chi connectivity index (χ1n) is 7.56. The van der Waals surface area contributed by atoms with Crippen molar-refractivity contribution in [1.29, 1.82) is 0 Å². The third-order valence-electron chi connectivity index (χ3n) is 3.35. The molecule has 1 amide bonds. The van der Waals surface area contributed by atoms with Gasteiger partial charge in [0.25, 0.3) is 5.91 Å². The molecule has 4 heteroatoms. The Morgan fingerprint density at radius 3 is 2.29 bits per heavy atom. The fraction of sp³-hybridized carbons (Fsp3) is 0.529. The highest BCUT2D eigenvalue weighted by molar-refractivity contribution is 5.96. The molecule has 0 radical (unpaired) electrons. The van der Waals surface area contributed by atoms with E-state index in [1.54, 1.807) is 12.1 Å². The van der Waals surface area contributed by atoms with Crippen molar-refractivity contribution in [3.05, 3.63) is 35.4 Å². The number of hydrogen-bond acceptors (Lipinski definition) is 2. The topological polar surface area (TPSA) is 66.4 Å². The first-order chi connectivity index (χ1) is 9.93. The van der Waals surface area contributed by atoms with E-state index < -0.39 is 12.0 Å². The summed E-state index contributed by atoms with van der Waals surface area (Å²) < 4.78 is 0. The van der Waals surface area contributed by atoms with Crippen LogP contribution < -0.4 is 5.32 Å². The molecule has 1 unspecified atom stereocenters. The predicted molar refractivity (Wildman–Crippen MR) is 83.4 cm³/mol. The van der Waals surface area contributed by atoms with Crippen LogP contribution in [-0.4, -0.2) is 23.0 Å². The zero-order valence-corrected chi connectivity index (χ0v) is 13.1. The molecule has 0 aromatic heterocycles. The number of carboxylic acid groups (broad SMARTS) is 1. The summed E-state index contributed by atoms with van der Waals surface area (Å²) in [5.41, 5.74) is 1.70. The van der Waals surface area contributed by atoms with Crippen LogP contribution in [0.4, 0.5) is 0 Å². The molecule has 116 valence electrons. The van der Waals surface area contributed by atoms with E-state index in [-0.39, 0.29) is 11.8 Å². The molecule has 0 aliphatic carbocycles. The number of carbonyl (C=O) groups is 2. The van der Waals surface area contributed by atoms with Crippen LogP contribution in [-0.2, 0) is 11.2 Å². The van der Waals surface area contributed by atoms with Crippen LogP contribution in [0.2, 0.25) is 0 Å². The Morgan fingerprint density at radius 1 is 1.19 bits per heavy atom. The molecular weight excluding hydrogens is 266 g/mol. The van der Waals surface area contributed by atoms with Crippen molar-refractivity contribution in [2.45, 2.75) is 52.5 Å². The number of aliphatic carboxylic acids is 1. The van der Waals surface area contributed by atoms with Gasteiger partial charge < -0.3 is 10.4 Å². The molecule has 21 heavy (non-hydrogen) atoms. The standard InChI is InChI=1S/C17H25NO3/c1-4-5-6-13-7-9-14(10-8-13)16(19)18-15(17(20)21)11-12(2)3/h7-10,12,15H,4-6,11H2,1-3H3,(H,18,19)(H,20,21). The summed E-state index contributed by atoms with van der Waals surface area (Å²) in [6.07, 6.45) is 3.69. The van der Waals surface area contributed by atoms with Crippen LogP contribution >= 0.6 is 0 Å². The average Bonchev–Trinajstić information content (AvgIpc) is 2.44. The molecule has 0 aliphatic heterocycles. The van der Waals surface area contributed by atoms with Crippen LogP contribution in [0.3, 0.4) is 0 Å². The summed E-state index contributed by atoms with van der Waals surface area (Å²) in [4.78, 5) is 23.3. The first-order valence-corrected chi connectivity index (χ1v) is 7.56. The monoisotopic (exact) mass is 291 g/mol. The number of unbranched alkanes of at least 4 members (excludes halogenated alkanes) is 1. The van der Waals surface area contributed by atoms with E-state index in [2.05, 4.69) is 12.2 Å². The molecule has 0 aliphatic rings. The highest BCUT2D eigenvalue weighted by Crippen LogP contribution is 2.10. The van der Waals surface area contributed by atoms with Gasteiger partial charge in [0.1, 0.15) is 6.04 Å². The molecule has 0 spiro atoms. The molecule has 1 aromatic rings. The second kappa shape index (κ2) is 8.45. The molecule has 1 aromatic carbocycles. The van der Waals surface area contributed by atoms with E-state index in [1.165, 1.54) is 5.56 Å². The third-order valence-corrected chi connectivity index (χ3v) is 3.35. The molecule has 1 atom stereocenters. The summed E-state index contributed by atoms with van der Waals surface area (Å²) in [5, 5.41) is 11.7.